The van der Waals surface area contributed by atoms with Gasteiger partial charge in [0.15, 0.2) is 5.96 Å². The first-order chi connectivity index (χ1) is 14.1. The summed E-state index contributed by atoms with van der Waals surface area (Å²) in [7, 11) is 0. The molecule has 2 aromatic rings. The van der Waals surface area contributed by atoms with Crippen LogP contribution in [0.5, 0.6) is 5.75 Å². The third kappa shape index (κ3) is 10.4. The Balaban J connectivity index is 0.00000450. The summed E-state index contributed by atoms with van der Waals surface area (Å²) in [5.74, 6) is 0.797. The van der Waals surface area contributed by atoms with Gasteiger partial charge in [0.1, 0.15) is 12.3 Å². The minimum Gasteiger partial charge on any atom is -0.508 e. The lowest BCUT2D eigenvalue weighted by atomic mass is 10.2. The number of carbonyl (C=O) groups excluding carboxylic acids is 1. The van der Waals surface area contributed by atoms with E-state index >= 15 is 0 Å². The van der Waals surface area contributed by atoms with Gasteiger partial charge < -0.3 is 25.8 Å². The van der Waals surface area contributed by atoms with Gasteiger partial charge in [0.25, 0.3) is 0 Å². The molecule has 0 saturated carbocycles. The molecule has 4 N–H and O–H groups in total. The molecule has 0 aliphatic rings. The fourth-order valence-corrected chi connectivity index (χ4v) is 2.52. The number of aliphatic imine (C=N–C) groups is 1. The lowest BCUT2D eigenvalue weighted by Crippen LogP contribution is -2.40. The summed E-state index contributed by atoms with van der Waals surface area (Å²) in [4.78, 5) is 16.4. The van der Waals surface area contributed by atoms with Crippen LogP contribution in [-0.2, 0) is 16.1 Å². The molecule has 1 amide bonds. The van der Waals surface area contributed by atoms with E-state index in [1.54, 1.807) is 12.1 Å². The molecule has 2 rings (SSSR count). The molecule has 1 atom stereocenters. The summed E-state index contributed by atoms with van der Waals surface area (Å²) in [5.41, 5.74) is 1.77. The van der Waals surface area contributed by atoms with Crippen molar-refractivity contribution < 1.29 is 14.6 Å². The predicted octanol–water partition coefficient (Wildman–Crippen LogP) is 3.36. The van der Waals surface area contributed by atoms with Gasteiger partial charge in [0.05, 0.1) is 13.2 Å². The van der Waals surface area contributed by atoms with E-state index in [4.69, 9.17) is 4.74 Å². The predicted molar refractivity (Wildman–Crippen MR) is 131 cm³/mol. The zero-order valence-electron chi connectivity index (χ0n) is 17.4. The largest absolute Gasteiger partial charge is 0.508 e. The number of phenols is 1. The molecule has 7 nitrogen and oxygen atoms in total. The smallest absolute Gasteiger partial charge is 0.246 e. The molecule has 0 saturated heterocycles. The van der Waals surface area contributed by atoms with Crippen LogP contribution in [0.15, 0.2) is 59.6 Å². The van der Waals surface area contributed by atoms with Crippen LogP contribution < -0.4 is 16.0 Å². The highest BCUT2D eigenvalue weighted by atomic mass is 127. The van der Waals surface area contributed by atoms with Crippen molar-refractivity contribution in [2.75, 3.05) is 31.6 Å². The molecule has 0 radical (unpaired) electrons. The van der Waals surface area contributed by atoms with E-state index in [-0.39, 0.29) is 48.1 Å². The van der Waals surface area contributed by atoms with Crippen LogP contribution >= 0.6 is 24.0 Å². The maximum atomic E-state index is 12.1. The number of hydrogen-bond donors (Lipinski definition) is 4. The van der Waals surface area contributed by atoms with E-state index in [0.29, 0.717) is 38.0 Å². The number of nitrogens with one attached hydrogen (secondary N) is 3. The van der Waals surface area contributed by atoms with Gasteiger partial charge in [0.2, 0.25) is 5.91 Å². The number of nitrogens with zero attached hydrogens (tertiary/aromatic N) is 1. The number of hydrogen-bond acceptors (Lipinski definition) is 4. The van der Waals surface area contributed by atoms with Crippen molar-refractivity contribution in [3.63, 3.8) is 0 Å². The van der Waals surface area contributed by atoms with Crippen molar-refractivity contribution in [1.82, 2.24) is 10.6 Å². The second kappa shape index (κ2) is 14.6. The van der Waals surface area contributed by atoms with Crippen LogP contribution in [0.25, 0.3) is 0 Å². The zero-order chi connectivity index (χ0) is 20.9. The van der Waals surface area contributed by atoms with Gasteiger partial charge >= 0.3 is 0 Å². The lowest BCUT2D eigenvalue weighted by molar-refractivity contribution is -0.114. The summed E-state index contributed by atoms with van der Waals surface area (Å²) in [6.45, 7) is 6.66. The summed E-state index contributed by atoms with van der Waals surface area (Å²) >= 11 is 0. The van der Waals surface area contributed by atoms with Crippen molar-refractivity contribution >= 4 is 41.5 Å². The van der Waals surface area contributed by atoms with Crippen LogP contribution in [0, 0.1) is 5.92 Å². The van der Waals surface area contributed by atoms with Crippen molar-refractivity contribution in [1.29, 1.82) is 0 Å². The SMILES string of the molecule is CCNC(=NCC(=O)Nc1ccc(O)cc1)NCC(C)COCc1ccccc1.I. The Morgan fingerprint density at radius 1 is 1.10 bits per heavy atom. The molecular weight excluding hydrogens is 495 g/mol. The number of rotatable bonds is 10. The van der Waals surface area contributed by atoms with Crippen molar-refractivity contribution in [2.45, 2.75) is 20.5 Å². The summed E-state index contributed by atoms with van der Waals surface area (Å²) < 4.78 is 5.76. The molecule has 0 aliphatic carbocycles. The standard InChI is InChI=1S/C22H30N4O3.HI/c1-3-23-22(25-14-21(28)26-19-9-11-20(27)12-10-19)24-13-17(2)15-29-16-18-7-5-4-6-8-18;/h4-12,17,27H,3,13-16H2,1-2H3,(H,26,28)(H2,23,24,25);1H. The quantitative estimate of drug-likeness (QED) is 0.165. The topological polar surface area (TPSA) is 95.0 Å². The average Bonchev–Trinajstić information content (AvgIpc) is 2.72. The number of ether oxygens (including phenoxy) is 1. The number of carbonyl (C=O) groups is 1. The normalized spacial score (nSPS) is 11.9. The van der Waals surface area contributed by atoms with Gasteiger partial charge in [-0.25, -0.2) is 4.99 Å². The molecule has 30 heavy (non-hydrogen) atoms. The van der Waals surface area contributed by atoms with Gasteiger partial charge in [-0.2, -0.15) is 0 Å². The highest BCUT2D eigenvalue weighted by molar-refractivity contribution is 14.0. The van der Waals surface area contributed by atoms with E-state index in [2.05, 4.69) is 27.9 Å². The second-order valence-corrected chi connectivity index (χ2v) is 6.78. The molecule has 1 unspecified atom stereocenters. The number of phenolic OH excluding ortho intramolecular Hbond substituents is 1. The van der Waals surface area contributed by atoms with Gasteiger partial charge in [-0.05, 0) is 42.7 Å². The first-order valence-electron chi connectivity index (χ1n) is 9.79. The van der Waals surface area contributed by atoms with Crippen LogP contribution in [-0.4, -0.2) is 43.2 Å². The first-order valence-corrected chi connectivity index (χ1v) is 9.79. The minimum absolute atomic E-state index is 0. The number of aromatic hydroxyl groups is 1. The third-order valence-corrected chi connectivity index (χ3v) is 4.01. The van der Waals surface area contributed by atoms with Crippen LogP contribution in [0.2, 0.25) is 0 Å². The number of guanidine groups is 1. The Bertz CT molecular complexity index is 770. The fraction of sp³-hybridized carbons (Fsp3) is 0.364. The van der Waals surface area contributed by atoms with Crippen LogP contribution in [0.4, 0.5) is 5.69 Å². The number of halogens is 1. The Morgan fingerprint density at radius 3 is 2.47 bits per heavy atom. The third-order valence-electron chi connectivity index (χ3n) is 4.01. The molecule has 0 fully saturated rings. The molecule has 164 valence electrons. The summed E-state index contributed by atoms with van der Waals surface area (Å²) in [6.07, 6.45) is 0. The second-order valence-electron chi connectivity index (χ2n) is 6.78. The van der Waals surface area contributed by atoms with Gasteiger partial charge in [-0.15, -0.1) is 24.0 Å². The molecule has 8 heteroatoms. The van der Waals surface area contributed by atoms with E-state index in [9.17, 15) is 9.90 Å². The van der Waals surface area contributed by atoms with Crippen molar-refractivity contribution in [3.8, 4) is 5.75 Å². The molecule has 0 heterocycles. The molecule has 0 spiro atoms. The highest BCUT2D eigenvalue weighted by Crippen LogP contribution is 2.13. The van der Waals surface area contributed by atoms with Gasteiger partial charge in [-0.1, -0.05) is 37.3 Å². The molecular formula is C22H31IN4O3. The molecule has 2 aromatic carbocycles. The summed E-state index contributed by atoms with van der Waals surface area (Å²) in [6, 6.07) is 16.4. The van der Waals surface area contributed by atoms with Crippen molar-refractivity contribution in [2.24, 2.45) is 10.9 Å². The maximum absolute atomic E-state index is 12.1. The Morgan fingerprint density at radius 2 is 1.80 bits per heavy atom. The van der Waals surface area contributed by atoms with E-state index in [1.807, 2.05) is 37.3 Å². The minimum atomic E-state index is -0.230. The van der Waals surface area contributed by atoms with E-state index in [0.717, 1.165) is 5.56 Å². The fourth-order valence-electron chi connectivity index (χ4n) is 2.52. The number of amides is 1. The van der Waals surface area contributed by atoms with Crippen LogP contribution in [0.3, 0.4) is 0 Å². The molecule has 0 bridgehead atoms. The van der Waals surface area contributed by atoms with Gasteiger partial charge in [-0.3, -0.25) is 4.79 Å². The van der Waals surface area contributed by atoms with Crippen LogP contribution in [0.1, 0.15) is 19.4 Å². The number of benzene rings is 2. The number of anilines is 1. The molecule has 0 aliphatic heterocycles. The maximum Gasteiger partial charge on any atom is 0.246 e. The lowest BCUT2D eigenvalue weighted by Gasteiger charge is -2.16. The average molecular weight is 526 g/mol. The monoisotopic (exact) mass is 526 g/mol. The Hall–Kier alpha value is -2.33. The van der Waals surface area contributed by atoms with E-state index in [1.165, 1.54) is 12.1 Å². The first kappa shape index (κ1) is 25.7. The molecule has 0 aromatic heterocycles. The van der Waals surface area contributed by atoms with Gasteiger partial charge in [0, 0.05) is 18.8 Å². The van der Waals surface area contributed by atoms with Crippen molar-refractivity contribution in [3.05, 3.63) is 60.2 Å². The van der Waals surface area contributed by atoms with E-state index < -0.39 is 0 Å². The summed E-state index contributed by atoms with van der Waals surface area (Å²) in [5, 5.41) is 18.4. The Labute approximate surface area is 195 Å². The highest BCUT2D eigenvalue weighted by Gasteiger charge is 2.06. The zero-order valence-corrected chi connectivity index (χ0v) is 19.8. The Kier molecular flexibility index (Phi) is 12.5.